The van der Waals surface area contributed by atoms with Crippen LogP contribution in [0, 0.1) is 12.8 Å². The normalized spacial score (nSPS) is 17.7. The lowest BCUT2D eigenvalue weighted by Gasteiger charge is -2.21. The maximum absolute atomic E-state index is 11.9. The van der Waals surface area contributed by atoms with E-state index in [0.717, 1.165) is 25.7 Å². The SMILES string of the molecule is Cc1noc(CCNS(=O)(=O)CC2CCCCC2)n1. The Labute approximate surface area is 114 Å². The van der Waals surface area contributed by atoms with Crippen LogP contribution in [0.4, 0.5) is 0 Å². The van der Waals surface area contributed by atoms with E-state index in [4.69, 9.17) is 4.52 Å². The van der Waals surface area contributed by atoms with Gasteiger partial charge in [-0.3, -0.25) is 0 Å². The average Bonchev–Trinajstić information content (AvgIpc) is 2.75. The van der Waals surface area contributed by atoms with Crippen LogP contribution in [0.2, 0.25) is 0 Å². The maximum Gasteiger partial charge on any atom is 0.227 e. The first-order valence-electron chi connectivity index (χ1n) is 6.82. The van der Waals surface area contributed by atoms with Crippen LogP contribution in [-0.2, 0) is 16.4 Å². The quantitative estimate of drug-likeness (QED) is 0.855. The zero-order chi connectivity index (χ0) is 13.7. The Morgan fingerprint density at radius 1 is 1.32 bits per heavy atom. The van der Waals surface area contributed by atoms with Gasteiger partial charge >= 0.3 is 0 Å². The number of aromatic nitrogens is 2. The van der Waals surface area contributed by atoms with E-state index < -0.39 is 10.0 Å². The lowest BCUT2D eigenvalue weighted by atomic mass is 9.91. The van der Waals surface area contributed by atoms with Gasteiger partial charge in [0.2, 0.25) is 15.9 Å². The molecule has 108 valence electrons. The summed E-state index contributed by atoms with van der Waals surface area (Å²) in [7, 11) is -3.18. The molecule has 0 amide bonds. The van der Waals surface area contributed by atoms with Crippen molar-refractivity contribution in [2.24, 2.45) is 5.92 Å². The maximum atomic E-state index is 11.9. The van der Waals surface area contributed by atoms with Crippen molar-refractivity contribution >= 4 is 10.0 Å². The van der Waals surface area contributed by atoms with Crippen molar-refractivity contribution in [2.75, 3.05) is 12.3 Å². The molecule has 1 saturated carbocycles. The molecule has 1 aromatic heterocycles. The molecule has 19 heavy (non-hydrogen) atoms. The second-order valence-electron chi connectivity index (χ2n) is 5.17. The summed E-state index contributed by atoms with van der Waals surface area (Å²) >= 11 is 0. The van der Waals surface area contributed by atoms with Crippen molar-refractivity contribution in [3.05, 3.63) is 11.7 Å². The number of rotatable bonds is 6. The van der Waals surface area contributed by atoms with Crippen LogP contribution in [0.3, 0.4) is 0 Å². The van der Waals surface area contributed by atoms with Gasteiger partial charge in [0.25, 0.3) is 0 Å². The zero-order valence-electron chi connectivity index (χ0n) is 11.3. The molecule has 0 atom stereocenters. The van der Waals surface area contributed by atoms with E-state index >= 15 is 0 Å². The highest BCUT2D eigenvalue weighted by molar-refractivity contribution is 7.89. The summed E-state index contributed by atoms with van der Waals surface area (Å²) in [5.74, 6) is 1.60. The molecule has 1 aromatic rings. The van der Waals surface area contributed by atoms with Gasteiger partial charge in [-0.05, 0) is 25.7 Å². The van der Waals surface area contributed by atoms with Crippen LogP contribution in [0.25, 0.3) is 0 Å². The van der Waals surface area contributed by atoms with Crippen molar-refractivity contribution in [1.29, 1.82) is 0 Å². The third-order valence-corrected chi connectivity index (χ3v) is 4.96. The van der Waals surface area contributed by atoms with Gasteiger partial charge in [0, 0.05) is 13.0 Å². The molecule has 1 aliphatic rings. The molecule has 1 fully saturated rings. The van der Waals surface area contributed by atoms with Gasteiger partial charge in [-0.2, -0.15) is 4.98 Å². The average molecular weight is 287 g/mol. The Hall–Kier alpha value is -0.950. The molecule has 0 aliphatic heterocycles. The second kappa shape index (κ2) is 6.47. The van der Waals surface area contributed by atoms with Gasteiger partial charge in [-0.15, -0.1) is 0 Å². The fourth-order valence-corrected chi connectivity index (χ4v) is 3.96. The molecule has 0 bridgehead atoms. The fourth-order valence-electron chi connectivity index (χ4n) is 2.48. The molecule has 2 rings (SSSR count). The van der Waals surface area contributed by atoms with Gasteiger partial charge in [0.1, 0.15) is 0 Å². The predicted molar refractivity (Wildman–Crippen MR) is 71.1 cm³/mol. The first-order valence-corrected chi connectivity index (χ1v) is 8.47. The van der Waals surface area contributed by atoms with E-state index in [0.29, 0.717) is 30.6 Å². The smallest absolute Gasteiger partial charge is 0.227 e. The van der Waals surface area contributed by atoms with Gasteiger partial charge in [0.15, 0.2) is 5.82 Å². The molecule has 0 aromatic carbocycles. The van der Waals surface area contributed by atoms with Crippen LogP contribution >= 0.6 is 0 Å². The van der Waals surface area contributed by atoms with Gasteiger partial charge in [-0.25, -0.2) is 13.1 Å². The standard InChI is InChI=1S/C12H21N3O3S/c1-10-14-12(18-15-10)7-8-13-19(16,17)9-11-5-3-2-4-6-11/h11,13H,2-9H2,1H3. The zero-order valence-corrected chi connectivity index (χ0v) is 12.1. The van der Waals surface area contributed by atoms with Gasteiger partial charge in [0.05, 0.1) is 5.75 Å². The van der Waals surface area contributed by atoms with E-state index in [1.165, 1.54) is 6.42 Å². The van der Waals surface area contributed by atoms with Gasteiger partial charge in [-0.1, -0.05) is 24.4 Å². The van der Waals surface area contributed by atoms with Crippen LogP contribution < -0.4 is 4.72 Å². The van der Waals surface area contributed by atoms with Gasteiger partial charge < -0.3 is 4.52 Å². The molecule has 0 radical (unpaired) electrons. The molecule has 0 saturated heterocycles. The summed E-state index contributed by atoms with van der Waals surface area (Å²) < 4.78 is 31.4. The van der Waals surface area contributed by atoms with Crippen LogP contribution in [0.1, 0.15) is 43.8 Å². The minimum Gasteiger partial charge on any atom is -0.339 e. The summed E-state index contributed by atoms with van der Waals surface area (Å²) in [5, 5.41) is 3.66. The second-order valence-corrected chi connectivity index (χ2v) is 7.02. The number of nitrogens with one attached hydrogen (secondary N) is 1. The first-order chi connectivity index (χ1) is 9.05. The topological polar surface area (TPSA) is 85.1 Å². The highest BCUT2D eigenvalue weighted by Gasteiger charge is 2.21. The third kappa shape index (κ3) is 4.91. The number of aryl methyl sites for hydroxylation is 1. The highest BCUT2D eigenvalue weighted by Crippen LogP contribution is 2.24. The van der Waals surface area contributed by atoms with Crippen molar-refractivity contribution in [1.82, 2.24) is 14.9 Å². The van der Waals surface area contributed by atoms with E-state index in [9.17, 15) is 8.42 Å². The van der Waals surface area contributed by atoms with E-state index in [1.807, 2.05) is 0 Å². The molecule has 1 heterocycles. The lowest BCUT2D eigenvalue weighted by molar-refractivity contribution is 0.373. The molecule has 0 unspecified atom stereocenters. The Morgan fingerprint density at radius 3 is 2.68 bits per heavy atom. The van der Waals surface area contributed by atoms with Crippen molar-refractivity contribution in [3.8, 4) is 0 Å². The number of sulfonamides is 1. The monoisotopic (exact) mass is 287 g/mol. The highest BCUT2D eigenvalue weighted by atomic mass is 32.2. The molecule has 0 spiro atoms. The largest absolute Gasteiger partial charge is 0.339 e. The lowest BCUT2D eigenvalue weighted by Crippen LogP contribution is -2.32. The number of hydrogen-bond donors (Lipinski definition) is 1. The summed E-state index contributed by atoms with van der Waals surface area (Å²) in [6.07, 6.45) is 6.04. The molecule has 6 nitrogen and oxygen atoms in total. The Bertz CT molecular complexity index is 492. The van der Waals surface area contributed by atoms with Crippen LogP contribution in [0.15, 0.2) is 4.52 Å². The summed E-state index contributed by atoms with van der Waals surface area (Å²) in [4.78, 5) is 4.03. The molecule has 1 aliphatic carbocycles. The van der Waals surface area contributed by atoms with E-state index in [-0.39, 0.29) is 5.75 Å². The van der Waals surface area contributed by atoms with Crippen LogP contribution in [-0.4, -0.2) is 30.9 Å². The first kappa shape index (κ1) is 14.5. The Morgan fingerprint density at radius 2 is 2.05 bits per heavy atom. The Kier molecular flexibility index (Phi) is 4.93. The minimum atomic E-state index is -3.18. The molecule has 7 heteroatoms. The fraction of sp³-hybridized carbons (Fsp3) is 0.833. The van der Waals surface area contributed by atoms with E-state index in [1.54, 1.807) is 6.92 Å². The van der Waals surface area contributed by atoms with Crippen molar-refractivity contribution in [2.45, 2.75) is 45.4 Å². The summed E-state index contributed by atoms with van der Waals surface area (Å²) in [5.41, 5.74) is 0. The minimum absolute atomic E-state index is 0.246. The number of hydrogen-bond acceptors (Lipinski definition) is 5. The molecular weight excluding hydrogens is 266 g/mol. The molecular formula is C12H21N3O3S. The molecule has 1 N–H and O–H groups in total. The van der Waals surface area contributed by atoms with Crippen molar-refractivity contribution < 1.29 is 12.9 Å². The summed E-state index contributed by atoms with van der Waals surface area (Å²) in [6, 6.07) is 0. The number of nitrogens with zero attached hydrogens (tertiary/aromatic N) is 2. The third-order valence-electron chi connectivity index (χ3n) is 3.41. The summed E-state index contributed by atoms with van der Waals surface area (Å²) in [6.45, 7) is 2.05. The Balaban J connectivity index is 1.74. The van der Waals surface area contributed by atoms with E-state index in [2.05, 4.69) is 14.9 Å². The van der Waals surface area contributed by atoms with Crippen LogP contribution in [0.5, 0.6) is 0 Å². The van der Waals surface area contributed by atoms with Crippen molar-refractivity contribution in [3.63, 3.8) is 0 Å². The predicted octanol–water partition coefficient (Wildman–Crippen LogP) is 1.42.